The highest BCUT2D eigenvalue weighted by atomic mass is 79.9. The molecule has 0 amide bonds. The Morgan fingerprint density at radius 2 is 1.89 bits per heavy atom. The van der Waals surface area contributed by atoms with E-state index in [1.54, 1.807) is 12.3 Å². The van der Waals surface area contributed by atoms with E-state index in [1.165, 1.54) is 0 Å². The molecule has 0 fully saturated rings. The smallest absolute Gasteiger partial charge is 0.170 e. The average molecular weight is 422 g/mol. The van der Waals surface area contributed by atoms with E-state index in [1.807, 2.05) is 22.7 Å². The monoisotopic (exact) mass is 419 g/mol. The molecule has 96 valence electrons. The van der Waals surface area contributed by atoms with Gasteiger partial charge in [-0.05, 0) is 37.9 Å². The van der Waals surface area contributed by atoms with Gasteiger partial charge < -0.3 is 0 Å². The topological polar surface area (TPSA) is 30.2 Å². The van der Waals surface area contributed by atoms with Gasteiger partial charge in [0.05, 0.1) is 15.7 Å². The number of fused-ring (bicyclic) bond motifs is 1. The van der Waals surface area contributed by atoms with Crippen LogP contribution in [0, 0.1) is 0 Å². The van der Waals surface area contributed by atoms with E-state index in [4.69, 9.17) is 23.2 Å². The third-order valence-electron chi connectivity index (χ3n) is 2.66. The van der Waals surface area contributed by atoms with Gasteiger partial charge in [0.25, 0.3) is 0 Å². The number of hydrogen-bond acceptors (Lipinski definition) is 2. The molecule has 0 saturated carbocycles. The molecule has 0 aliphatic carbocycles. The van der Waals surface area contributed by atoms with E-state index in [0.29, 0.717) is 24.9 Å². The van der Waals surface area contributed by atoms with E-state index in [9.17, 15) is 0 Å². The van der Waals surface area contributed by atoms with Gasteiger partial charge in [0, 0.05) is 18.0 Å². The normalized spacial score (nSPS) is 11.2. The van der Waals surface area contributed by atoms with E-state index < -0.39 is 0 Å². The predicted octanol–water partition coefficient (Wildman–Crippen LogP) is 5.23. The lowest BCUT2D eigenvalue weighted by molar-refractivity contribution is 1.09. The second-order valence-corrected chi connectivity index (χ2v) is 6.05. The minimum Gasteiger partial charge on any atom is -0.295 e. The summed E-state index contributed by atoms with van der Waals surface area (Å²) >= 11 is 19.2. The van der Waals surface area contributed by atoms with Crippen molar-refractivity contribution in [3.05, 3.63) is 49.8 Å². The Bertz CT molecular complexity index is 786. The summed E-state index contributed by atoms with van der Waals surface area (Å²) in [4.78, 5) is 8.62. The highest BCUT2D eigenvalue weighted by molar-refractivity contribution is 9.11. The number of halogens is 4. The Labute approximate surface area is 135 Å². The molecule has 0 N–H and O–H groups in total. The molecule has 0 atom stereocenters. The molecule has 0 spiro atoms. The van der Waals surface area contributed by atoms with Crippen molar-refractivity contribution in [1.29, 1.82) is 0 Å². The maximum atomic E-state index is 6.28. The van der Waals surface area contributed by atoms with E-state index >= 15 is 0 Å². The molecule has 3 rings (SSSR count). The average Bonchev–Trinajstić information content (AvgIpc) is 2.84. The van der Waals surface area contributed by atoms with Crippen molar-refractivity contribution < 1.29 is 0 Å². The number of hydrogen-bond donors (Lipinski definition) is 0. The SMILES string of the molecule is Clc1cccc(-c2c(Br)nc(Br)c3nccn23)c1Cl. The molecular weight excluding hydrogens is 417 g/mol. The second-order valence-electron chi connectivity index (χ2n) is 3.76. The Hall–Kier alpha value is -0.620. The Balaban J connectivity index is 2.43. The third kappa shape index (κ3) is 2.18. The fourth-order valence-corrected chi connectivity index (χ4v) is 3.53. The zero-order valence-electron chi connectivity index (χ0n) is 9.24. The lowest BCUT2D eigenvalue weighted by Crippen LogP contribution is -1.97. The second kappa shape index (κ2) is 5.05. The van der Waals surface area contributed by atoms with E-state index in [2.05, 4.69) is 41.8 Å². The van der Waals surface area contributed by atoms with Crippen LogP contribution in [0.25, 0.3) is 16.9 Å². The van der Waals surface area contributed by atoms with Crippen LogP contribution in [0.2, 0.25) is 10.0 Å². The molecule has 3 aromatic rings. The van der Waals surface area contributed by atoms with Crippen LogP contribution in [0.3, 0.4) is 0 Å². The number of nitrogens with zero attached hydrogens (tertiary/aromatic N) is 3. The molecule has 0 radical (unpaired) electrons. The fourth-order valence-electron chi connectivity index (χ4n) is 1.85. The molecule has 0 unspecified atom stereocenters. The molecule has 2 aromatic heterocycles. The molecular formula is C12H5Br2Cl2N3. The van der Waals surface area contributed by atoms with Crippen LogP contribution in [-0.4, -0.2) is 14.4 Å². The van der Waals surface area contributed by atoms with Gasteiger partial charge in [0.1, 0.15) is 4.60 Å². The van der Waals surface area contributed by atoms with Crippen LogP contribution in [0.5, 0.6) is 0 Å². The van der Waals surface area contributed by atoms with Crippen molar-refractivity contribution in [1.82, 2.24) is 14.4 Å². The molecule has 1 aromatic carbocycles. The van der Waals surface area contributed by atoms with Gasteiger partial charge in [0.15, 0.2) is 10.3 Å². The summed E-state index contributed by atoms with van der Waals surface area (Å²) in [6.07, 6.45) is 3.55. The zero-order chi connectivity index (χ0) is 13.6. The molecule has 0 aliphatic rings. The van der Waals surface area contributed by atoms with Crippen LogP contribution in [0.15, 0.2) is 39.8 Å². The van der Waals surface area contributed by atoms with Crippen LogP contribution in [-0.2, 0) is 0 Å². The molecule has 0 aliphatic heterocycles. The number of imidazole rings is 1. The molecule has 19 heavy (non-hydrogen) atoms. The van der Waals surface area contributed by atoms with Gasteiger partial charge in [-0.2, -0.15) is 0 Å². The zero-order valence-corrected chi connectivity index (χ0v) is 13.9. The first-order valence-corrected chi connectivity index (χ1v) is 7.56. The van der Waals surface area contributed by atoms with Crippen molar-refractivity contribution in [2.75, 3.05) is 0 Å². The van der Waals surface area contributed by atoms with Gasteiger partial charge in [-0.1, -0.05) is 35.3 Å². The Kier molecular flexibility index (Phi) is 3.55. The quantitative estimate of drug-likeness (QED) is 0.538. The standard InChI is InChI=1S/C12H5Br2Cl2N3/c13-10-9(6-2-1-3-7(15)8(6)16)19-5-4-17-12(19)11(14)18-10/h1-5H. The highest BCUT2D eigenvalue weighted by Crippen LogP contribution is 2.37. The summed E-state index contributed by atoms with van der Waals surface area (Å²) in [5.74, 6) is 0. The van der Waals surface area contributed by atoms with Crippen molar-refractivity contribution in [2.24, 2.45) is 0 Å². The maximum absolute atomic E-state index is 6.28. The Morgan fingerprint density at radius 1 is 1.11 bits per heavy atom. The summed E-state index contributed by atoms with van der Waals surface area (Å²) in [6.45, 7) is 0. The molecule has 0 saturated heterocycles. The number of aromatic nitrogens is 3. The van der Waals surface area contributed by atoms with E-state index in [-0.39, 0.29) is 0 Å². The molecule has 0 bridgehead atoms. The minimum atomic E-state index is 0.490. The number of benzene rings is 1. The lowest BCUT2D eigenvalue weighted by atomic mass is 10.1. The van der Waals surface area contributed by atoms with Crippen molar-refractivity contribution in [3.63, 3.8) is 0 Å². The van der Waals surface area contributed by atoms with Gasteiger partial charge in [-0.3, -0.25) is 4.40 Å². The fraction of sp³-hybridized carbons (Fsp3) is 0. The molecule has 7 heteroatoms. The van der Waals surface area contributed by atoms with Crippen LogP contribution < -0.4 is 0 Å². The van der Waals surface area contributed by atoms with Crippen molar-refractivity contribution in [2.45, 2.75) is 0 Å². The summed E-state index contributed by atoms with van der Waals surface area (Å²) in [5.41, 5.74) is 2.32. The van der Waals surface area contributed by atoms with Gasteiger partial charge in [0.2, 0.25) is 0 Å². The molecule has 3 nitrogen and oxygen atoms in total. The molecule has 2 heterocycles. The summed E-state index contributed by atoms with van der Waals surface area (Å²) in [5, 5.41) is 0.992. The van der Waals surface area contributed by atoms with Gasteiger partial charge in [-0.15, -0.1) is 0 Å². The lowest BCUT2D eigenvalue weighted by Gasteiger charge is -2.11. The maximum Gasteiger partial charge on any atom is 0.170 e. The van der Waals surface area contributed by atoms with Crippen LogP contribution in [0.1, 0.15) is 0 Å². The van der Waals surface area contributed by atoms with Crippen LogP contribution in [0.4, 0.5) is 0 Å². The first-order chi connectivity index (χ1) is 9.09. The van der Waals surface area contributed by atoms with Gasteiger partial charge in [-0.25, -0.2) is 9.97 Å². The van der Waals surface area contributed by atoms with Crippen molar-refractivity contribution in [3.8, 4) is 11.3 Å². The predicted molar refractivity (Wildman–Crippen MR) is 83.8 cm³/mol. The first-order valence-electron chi connectivity index (χ1n) is 5.22. The summed E-state index contributed by atoms with van der Waals surface area (Å²) < 4.78 is 3.22. The van der Waals surface area contributed by atoms with Crippen LogP contribution >= 0.6 is 55.1 Å². The Morgan fingerprint density at radius 3 is 2.68 bits per heavy atom. The highest BCUT2D eigenvalue weighted by Gasteiger charge is 2.16. The minimum absolute atomic E-state index is 0.490. The van der Waals surface area contributed by atoms with Gasteiger partial charge >= 0.3 is 0 Å². The first kappa shape index (κ1) is 13.4. The largest absolute Gasteiger partial charge is 0.295 e. The van der Waals surface area contributed by atoms with Crippen molar-refractivity contribution >= 4 is 60.7 Å². The number of rotatable bonds is 1. The summed E-state index contributed by atoms with van der Waals surface area (Å²) in [7, 11) is 0. The van der Waals surface area contributed by atoms with E-state index in [0.717, 1.165) is 11.3 Å². The third-order valence-corrected chi connectivity index (χ3v) is 4.57. The summed E-state index contributed by atoms with van der Waals surface area (Å²) in [6, 6.07) is 5.49.